The summed E-state index contributed by atoms with van der Waals surface area (Å²) in [6, 6.07) is 12.8. The summed E-state index contributed by atoms with van der Waals surface area (Å²) in [6.07, 6.45) is 0. The van der Waals surface area contributed by atoms with Gasteiger partial charge < -0.3 is 14.6 Å². The van der Waals surface area contributed by atoms with Gasteiger partial charge in [0.05, 0.1) is 5.75 Å². The normalized spacial score (nSPS) is 10.9. The Kier molecular flexibility index (Phi) is 6.24. The largest absolute Gasteiger partial charge is 0.490 e. The molecular formula is C17H19NO6S. The van der Waals surface area contributed by atoms with Crippen LogP contribution in [0.2, 0.25) is 0 Å². The van der Waals surface area contributed by atoms with Gasteiger partial charge in [0.1, 0.15) is 30.3 Å². The van der Waals surface area contributed by atoms with Crippen molar-refractivity contribution in [2.45, 2.75) is 6.92 Å². The van der Waals surface area contributed by atoms with Crippen molar-refractivity contribution in [1.29, 1.82) is 0 Å². The molecule has 0 saturated heterocycles. The first-order valence-corrected chi connectivity index (χ1v) is 9.25. The number of carbonyl (C=O) groups is 1. The molecule has 7 nitrogen and oxygen atoms in total. The van der Waals surface area contributed by atoms with Gasteiger partial charge in [0.25, 0.3) is 0 Å². The fraction of sp³-hybridized carbons (Fsp3) is 0.235. The zero-order chi connectivity index (χ0) is 18.3. The second-order valence-corrected chi connectivity index (χ2v) is 7.04. The third-order valence-corrected chi connectivity index (χ3v) is 4.54. The van der Waals surface area contributed by atoms with Gasteiger partial charge in [-0.05, 0) is 43.3 Å². The Bertz CT molecular complexity index is 817. The second kappa shape index (κ2) is 8.39. The average molecular weight is 365 g/mol. The molecular weight excluding hydrogens is 346 g/mol. The number of carboxylic acids is 1. The molecule has 2 aromatic rings. The zero-order valence-electron chi connectivity index (χ0n) is 13.6. The molecule has 0 spiro atoms. The maximum atomic E-state index is 11.5. The molecule has 134 valence electrons. The Balaban J connectivity index is 1.84. The van der Waals surface area contributed by atoms with Crippen LogP contribution < -0.4 is 14.2 Å². The maximum absolute atomic E-state index is 11.5. The van der Waals surface area contributed by atoms with Crippen molar-refractivity contribution in [3.8, 4) is 11.5 Å². The van der Waals surface area contributed by atoms with E-state index >= 15 is 0 Å². The first kappa shape index (κ1) is 18.6. The Morgan fingerprint density at radius 2 is 1.68 bits per heavy atom. The van der Waals surface area contributed by atoms with Crippen LogP contribution in [0.25, 0.3) is 0 Å². The summed E-state index contributed by atoms with van der Waals surface area (Å²) in [7, 11) is -3.31. The SMILES string of the molecule is CCS(=O)(=O)Nc1ccc(OCCOc2ccccc2C(=O)O)cc1. The van der Waals surface area contributed by atoms with Crippen molar-refractivity contribution in [2.75, 3.05) is 23.7 Å². The standard InChI is InChI=1S/C17H19NO6S/c1-2-25(21,22)18-13-7-9-14(10-8-13)23-11-12-24-16-6-4-3-5-15(16)17(19)20/h3-10,18H,2,11-12H2,1H3,(H,19,20). The third-order valence-electron chi connectivity index (χ3n) is 3.23. The quantitative estimate of drug-likeness (QED) is 0.662. The number of anilines is 1. The summed E-state index contributed by atoms with van der Waals surface area (Å²) in [4.78, 5) is 11.1. The van der Waals surface area contributed by atoms with Crippen LogP contribution in [0.4, 0.5) is 5.69 Å². The molecule has 0 aliphatic rings. The van der Waals surface area contributed by atoms with E-state index in [1.165, 1.54) is 6.07 Å². The number of sulfonamides is 1. The van der Waals surface area contributed by atoms with Crippen molar-refractivity contribution >= 4 is 21.7 Å². The molecule has 0 atom stereocenters. The molecule has 8 heteroatoms. The first-order valence-electron chi connectivity index (χ1n) is 7.60. The van der Waals surface area contributed by atoms with Gasteiger partial charge in [-0.25, -0.2) is 13.2 Å². The van der Waals surface area contributed by atoms with E-state index in [0.29, 0.717) is 11.4 Å². The number of ether oxygens (including phenoxy) is 2. The number of rotatable bonds is 9. The number of hydrogen-bond acceptors (Lipinski definition) is 5. The molecule has 0 fully saturated rings. The molecule has 2 rings (SSSR count). The summed E-state index contributed by atoms with van der Waals surface area (Å²) < 4.78 is 36.3. The molecule has 0 unspecified atom stereocenters. The van der Waals surface area contributed by atoms with E-state index < -0.39 is 16.0 Å². The topological polar surface area (TPSA) is 102 Å². The third kappa shape index (κ3) is 5.68. The van der Waals surface area contributed by atoms with E-state index in [1.807, 2.05) is 0 Å². The first-order chi connectivity index (χ1) is 11.9. The highest BCUT2D eigenvalue weighted by atomic mass is 32.2. The Morgan fingerprint density at radius 3 is 2.32 bits per heavy atom. The van der Waals surface area contributed by atoms with E-state index in [2.05, 4.69) is 4.72 Å². The summed E-state index contributed by atoms with van der Waals surface area (Å²) in [6.45, 7) is 1.95. The maximum Gasteiger partial charge on any atom is 0.339 e. The Hall–Kier alpha value is -2.74. The van der Waals surface area contributed by atoms with Crippen LogP contribution >= 0.6 is 0 Å². The highest BCUT2D eigenvalue weighted by Crippen LogP contribution is 2.19. The smallest absolute Gasteiger partial charge is 0.339 e. The van der Waals surface area contributed by atoms with Crippen molar-refractivity contribution in [3.05, 3.63) is 54.1 Å². The molecule has 25 heavy (non-hydrogen) atoms. The van der Waals surface area contributed by atoms with Gasteiger partial charge in [-0.1, -0.05) is 12.1 Å². The number of carboxylic acid groups (broad SMARTS) is 1. The van der Waals surface area contributed by atoms with E-state index in [-0.39, 0.29) is 30.3 Å². The Morgan fingerprint density at radius 1 is 1.04 bits per heavy atom. The fourth-order valence-electron chi connectivity index (χ4n) is 1.95. The minimum Gasteiger partial charge on any atom is -0.490 e. The minimum absolute atomic E-state index is 0.000404. The summed E-state index contributed by atoms with van der Waals surface area (Å²) in [5.41, 5.74) is 0.552. The average Bonchev–Trinajstić information content (AvgIpc) is 2.60. The van der Waals surface area contributed by atoms with Gasteiger partial charge >= 0.3 is 5.97 Å². The molecule has 0 radical (unpaired) electrons. The molecule has 2 N–H and O–H groups in total. The van der Waals surface area contributed by atoms with E-state index in [4.69, 9.17) is 14.6 Å². The van der Waals surface area contributed by atoms with E-state index in [0.717, 1.165) is 0 Å². The number of nitrogens with one attached hydrogen (secondary N) is 1. The molecule has 0 aliphatic carbocycles. The van der Waals surface area contributed by atoms with Gasteiger partial charge in [-0.2, -0.15) is 0 Å². The monoisotopic (exact) mass is 365 g/mol. The van der Waals surface area contributed by atoms with E-state index in [1.54, 1.807) is 49.4 Å². The predicted octanol–water partition coefficient (Wildman–Crippen LogP) is 2.60. The summed E-state index contributed by atoms with van der Waals surface area (Å²) in [5, 5.41) is 9.06. The molecule has 0 bridgehead atoms. The zero-order valence-corrected chi connectivity index (χ0v) is 14.5. The number of benzene rings is 2. The van der Waals surface area contributed by atoms with Crippen LogP contribution in [-0.4, -0.2) is 38.5 Å². The highest BCUT2D eigenvalue weighted by molar-refractivity contribution is 7.92. The van der Waals surface area contributed by atoms with Crippen molar-refractivity contribution in [1.82, 2.24) is 0 Å². The van der Waals surface area contributed by atoms with Crippen LogP contribution in [0.15, 0.2) is 48.5 Å². The lowest BCUT2D eigenvalue weighted by molar-refractivity contribution is 0.0691. The molecule has 0 aliphatic heterocycles. The van der Waals surface area contributed by atoms with Gasteiger partial charge in [0.15, 0.2) is 0 Å². The highest BCUT2D eigenvalue weighted by Gasteiger charge is 2.10. The minimum atomic E-state index is -3.31. The molecule has 0 amide bonds. The van der Waals surface area contributed by atoms with Crippen LogP contribution in [0.3, 0.4) is 0 Å². The van der Waals surface area contributed by atoms with Crippen LogP contribution in [-0.2, 0) is 10.0 Å². The second-order valence-electron chi connectivity index (χ2n) is 5.03. The molecule has 0 aromatic heterocycles. The van der Waals surface area contributed by atoms with Gasteiger partial charge in [-0.3, -0.25) is 4.72 Å². The summed E-state index contributed by atoms with van der Waals surface area (Å²) in [5.74, 6) is -0.223. The lowest BCUT2D eigenvalue weighted by Gasteiger charge is -2.11. The molecule has 0 saturated carbocycles. The van der Waals surface area contributed by atoms with Crippen LogP contribution in [0.1, 0.15) is 17.3 Å². The molecule has 2 aromatic carbocycles. The van der Waals surface area contributed by atoms with Crippen molar-refractivity contribution in [2.24, 2.45) is 0 Å². The number of para-hydroxylation sites is 1. The summed E-state index contributed by atoms with van der Waals surface area (Å²) >= 11 is 0. The van der Waals surface area contributed by atoms with Crippen LogP contribution in [0.5, 0.6) is 11.5 Å². The van der Waals surface area contributed by atoms with Gasteiger partial charge in [0.2, 0.25) is 10.0 Å². The van der Waals surface area contributed by atoms with E-state index in [9.17, 15) is 13.2 Å². The van der Waals surface area contributed by atoms with Crippen molar-refractivity contribution in [3.63, 3.8) is 0 Å². The van der Waals surface area contributed by atoms with Gasteiger partial charge in [0, 0.05) is 5.69 Å². The molecule has 0 heterocycles. The van der Waals surface area contributed by atoms with Gasteiger partial charge in [-0.15, -0.1) is 0 Å². The van der Waals surface area contributed by atoms with Crippen LogP contribution in [0, 0.1) is 0 Å². The number of hydrogen-bond donors (Lipinski definition) is 2. The van der Waals surface area contributed by atoms with Crippen molar-refractivity contribution < 1.29 is 27.8 Å². The lowest BCUT2D eigenvalue weighted by atomic mass is 10.2. The Labute approximate surface area is 146 Å². The predicted molar refractivity (Wildman–Crippen MR) is 93.9 cm³/mol. The fourth-order valence-corrected chi connectivity index (χ4v) is 2.59. The number of aromatic carboxylic acids is 1. The lowest BCUT2D eigenvalue weighted by Crippen LogP contribution is -2.14.